The molecular formula is C12H15F3. The van der Waals surface area contributed by atoms with Gasteiger partial charge in [0, 0.05) is 0 Å². The summed E-state index contributed by atoms with van der Waals surface area (Å²) in [5, 5.41) is 0. The van der Waals surface area contributed by atoms with Crippen LogP contribution in [0.25, 0.3) is 0 Å². The largest absolute Gasteiger partial charge is 0.204 e. The minimum absolute atomic E-state index is 0.0644. The Morgan fingerprint density at radius 1 is 1.07 bits per heavy atom. The highest BCUT2D eigenvalue weighted by Gasteiger charge is 2.18. The summed E-state index contributed by atoms with van der Waals surface area (Å²) in [6.45, 7) is 5.91. The zero-order valence-corrected chi connectivity index (χ0v) is 9.15. The zero-order valence-electron chi connectivity index (χ0n) is 9.15. The maximum atomic E-state index is 13.0. The Kier molecular flexibility index (Phi) is 3.77. The Balaban J connectivity index is 3.14. The summed E-state index contributed by atoms with van der Waals surface area (Å²) >= 11 is 0. The molecule has 1 atom stereocenters. The first-order valence-corrected chi connectivity index (χ1v) is 5.11. The average molecular weight is 216 g/mol. The van der Waals surface area contributed by atoms with Crippen LogP contribution in [0.2, 0.25) is 0 Å². The van der Waals surface area contributed by atoms with E-state index >= 15 is 0 Å². The number of rotatable bonds is 3. The molecule has 0 aliphatic heterocycles. The molecule has 84 valence electrons. The minimum atomic E-state index is -1.39. The first-order chi connectivity index (χ1) is 6.97. The van der Waals surface area contributed by atoms with Gasteiger partial charge in [-0.3, -0.25) is 0 Å². The molecule has 0 fully saturated rings. The fraction of sp³-hybridized carbons (Fsp3) is 0.500. The predicted molar refractivity (Wildman–Crippen MR) is 54.2 cm³/mol. The van der Waals surface area contributed by atoms with Crippen LogP contribution in [0.4, 0.5) is 13.2 Å². The third kappa shape index (κ3) is 2.52. The number of benzene rings is 1. The first-order valence-electron chi connectivity index (χ1n) is 5.11. The monoisotopic (exact) mass is 216 g/mol. The van der Waals surface area contributed by atoms with E-state index in [2.05, 4.69) is 0 Å². The molecule has 0 bridgehead atoms. The molecule has 0 aliphatic carbocycles. The molecule has 0 amide bonds. The number of hydrogen-bond donors (Lipinski definition) is 0. The van der Waals surface area contributed by atoms with E-state index in [0.717, 1.165) is 18.6 Å². The SMILES string of the molecule is CCC(c1cc(F)c(F)c(F)c1)C(C)C. The van der Waals surface area contributed by atoms with E-state index in [-0.39, 0.29) is 11.8 Å². The second-order valence-corrected chi connectivity index (χ2v) is 4.06. The lowest BCUT2D eigenvalue weighted by Crippen LogP contribution is -2.07. The van der Waals surface area contributed by atoms with Crippen molar-refractivity contribution in [2.45, 2.75) is 33.1 Å². The summed E-state index contributed by atoms with van der Waals surface area (Å²) in [4.78, 5) is 0. The molecule has 0 spiro atoms. The standard InChI is InChI=1S/C12H15F3/c1-4-9(7(2)3)8-5-10(13)12(15)11(14)6-8/h5-7,9H,4H2,1-3H3. The topological polar surface area (TPSA) is 0 Å². The van der Waals surface area contributed by atoms with Crippen molar-refractivity contribution in [3.63, 3.8) is 0 Å². The molecule has 0 nitrogen and oxygen atoms in total. The van der Waals surface area contributed by atoms with E-state index in [9.17, 15) is 13.2 Å². The number of halogens is 3. The summed E-state index contributed by atoms with van der Waals surface area (Å²) in [5.74, 6) is -3.26. The maximum absolute atomic E-state index is 13.0. The molecule has 3 heteroatoms. The predicted octanol–water partition coefficient (Wildman–Crippen LogP) is 4.25. The normalized spacial score (nSPS) is 13.3. The fourth-order valence-corrected chi connectivity index (χ4v) is 1.88. The summed E-state index contributed by atoms with van der Waals surface area (Å²) in [7, 11) is 0. The molecule has 1 aromatic carbocycles. The second kappa shape index (κ2) is 4.69. The third-order valence-corrected chi connectivity index (χ3v) is 2.68. The maximum Gasteiger partial charge on any atom is 0.194 e. The van der Waals surface area contributed by atoms with Gasteiger partial charge in [0.15, 0.2) is 17.5 Å². The number of hydrogen-bond acceptors (Lipinski definition) is 0. The Labute approximate surface area is 88.1 Å². The van der Waals surface area contributed by atoms with Gasteiger partial charge in [-0.15, -0.1) is 0 Å². The Morgan fingerprint density at radius 2 is 1.53 bits per heavy atom. The quantitative estimate of drug-likeness (QED) is 0.662. The molecule has 15 heavy (non-hydrogen) atoms. The zero-order chi connectivity index (χ0) is 11.6. The lowest BCUT2D eigenvalue weighted by Gasteiger charge is -2.19. The molecule has 1 aromatic rings. The third-order valence-electron chi connectivity index (χ3n) is 2.68. The van der Waals surface area contributed by atoms with Gasteiger partial charge in [-0.05, 0) is 36.0 Å². The Hall–Kier alpha value is -0.990. The first kappa shape index (κ1) is 12.1. The van der Waals surface area contributed by atoms with Gasteiger partial charge in [-0.1, -0.05) is 20.8 Å². The van der Waals surface area contributed by atoms with E-state index in [1.54, 1.807) is 0 Å². The summed E-state index contributed by atoms with van der Waals surface area (Å²) < 4.78 is 38.7. The molecule has 0 radical (unpaired) electrons. The molecule has 0 N–H and O–H groups in total. The van der Waals surface area contributed by atoms with Crippen LogP contribution in [0.1, 0.15) is 38.7 Å². The summed E-state index contributed by atoms with van der Waals surface area (Å²) in [6, 6.07) is 2.18. The lowest BCUT2D eigenvalue weighted by molar-refractivity contribution is 0.433. The van der Waals surface area contributed by atoms with E-state index < -0.39 is 17.5 Å². The van der Waals surface area contributed by atoms with Crippen molar-refractivity contribution >= 4 is 0 Å². The Morgan fingerprint density at radius 3 is 1.87 bits per heavy atom. The van der Waals surface area contributed by atoms with Gasteiger partial charge in [0.05, 0.1) is 0 Å². The summed E-state index contributed by atoms with van der Waals surface area (Å²) in [6.07, 6.45) is 0.780. The van der Waals surface area contributed by atoms with Crippen LogP contribution in [0.15, 0.2) is 12.1 Å². The van der Waals surface area contributed by atoms with Gasteiger partial charge >= 0.3 is 0 Å². The fourth-order valence-electron chi connectivity index (χ4n) is 1.88. The molecule has 0 saturated carbocycles. The highest BCUT2D eigenvalue weighted by molar-refractivity contribution is 5.23. The lowest BCUT2D eigenvalue weighted by atomic mass is 9.86. The Bertz CT molecular complexity index is 322. The van der Waals surface area contributed by atoms with Crippen molar-refractivity contribution < 1.29 is 13.2 Å². The van der Waals surface area contributed by atoms with Crippen molar-refractivity contribution in [3.05, 3.63) is 35.1 Å². The average Bonchev–Trinajstić information content (AvgIpc) is 2.14. The van der Waals surface area contributed by atoms with Crippen molar-refractivity contribution in [1.82, 2.24) is 0 Å². The van der Waals surface area contributed by atoms with Gasteiger partial charge in [0.1, 0.15) is 0 Å². The highest BCUT2D eigenvalue weighted by atomic mass is 19.2. The minimum Gasteiger partial charge on any atom is -0.204 e. The van der Waals surface area contributed by atoms with Crippen LogP contribution in [-0.2, 0) is 0 Å². The van der Waals surface area contributed by atoms with Crippen LogP contribution >= 0.6 is 0 Å². The summed E-state index contributed by atoms with van der Waals surface area (Å²) in [5.41, 5.74) is 0.531. The van der Waals surface area contributed by atoms with Crippen LogP contribution < -0.4 is 0 Å². The molecule has 1 rings (SSSR count). The van der Waals surface area contributed by atoms with Gasteiger partial charge in [0.2, 0.25) is 0 Å². The second-order valence-electron chi connectivity index (χ2n) is 4.06. The molecule has 0 heterocycles. The van der Waals surface area contributed by atoms with Gasteiger partial charge in [-0.2, -0.15) is 0 Å². The van der Waals surface area contributed by atoms with Gasteiger partial charge in [0.25, 0.3) is 0 Å². The van der Waals surface area contributed by atoms with Crippen molar-refractivity contribution in [2.24, 2.45) is 5.92 Å². The van der Waals surface area contributed by atoms with E-state index in [0.29, 0.717) is 5.56 Å². The van der Waals surface area contributed by atoms with Crippen molar-refractivity contribution in [2.75, 3.05) is 0 Å². The van der Waals surface area contributed by atoms with Crippen molar-refractivity contribution in [1.29, 1.82) is 0 Å². The smallest absolute Gasteiger partial charge is 0.194 e. The van der Waals surface area contributed by atoms with Gasteiger partial charge < -0.3 is 0 Å². The van der Waals surface area contributed by atoms with E-state index in [4.69, 9.17) is 0 Å². The van der Waals surface area contributed by atoms with Crippen LogP contribution in [0.5, 0.6) is 0 Å². The molecule has 0 saturated heterocycles. The molecule has 0 aliphatic rings. The van der Waals surface area contributed by atoms with E-state index in [1.807, 2.05) is 20.8 Å². The van der Waals surface area contributed by atoms with Gasteiger partial charge in [-0.25, -0.2) is 13.2 Å². The molecule has 1 unspecified atom stereocenters. The highest BCUT2D eigenvalue weighted by Crippen LogP contribution is 2.29. The van der Waals surface area contributed by atoms with E-state index in [1.165, 1.54) is 0 Å². The molecule has 0 aromatic heterocycles. The van der Waals surface area contributed by atoms with Crippen LogP contribution in [0, 0.1) is 23.4 Å². The van der Waals surface area contributed by atoms with Crippen LogP contribution in [-0.4, -0.2) is 0 Å². The van der Waals surface area contributed by atoms with Crippen LogP contribution in [0.3, 0.4) is 0 Å². The molecular weight excluding hydrogens is 201 g/mol. The van der Waals surface area contributed by atoms with Crippen molar-refractivity contribution in [3.8, 4) is 0 Å².